The van der Waals surface area contributed by atoms with E-state index in [1.165, 1.54) is 0 Å². The Bertz CT molecular complexity index is 361. The van der Waals surface area contributed by atoms with Crippen LogP contribution in [-0.2, 0) is 9.59 Å². The minimum Gasteiger partial charge on any atom is -0.480 e. The van der Waals surface area contributed by atoms with Crippen molar-refractivity contribution in [3.63, 3.8) is 0 Å². The predicted octanol–water partition coefficient (Wildman–Crippen LogP) is -1.43. The first-order chi connectivity index (χ1) is 6.76. The number of carboxylic acid groups (broad SMARTS) is 2. The summed E-state index contributed by atoms with van der Waals surface area (Å²) in [4.78, 5) is 21.4. The summed E-state index contributed by atoms with van der Waals surface area (Å²) in [7, 11) is 0. The van der Waals surface area contributed by atoms with Crippen molar-refractivity contribution in [2.45, 2.75) is 23.7 Å². The lowest BCUT2D eigenvalue weighted by Gasteiger charge is -2.24. The number of hydrogen-bond donors (Lipinski definition) is 4. The van der Waals surface area contributed by atoms with Crippen molar-refractivity contribution in [1.82, 2.24) is 0 Å². The Morgan fingerprint density at radius 1 is 1.33 bits per heavy atom. The molecule has 0 saturated heterocycles. The molecule has 2 rings (SSSR count). The minimum absolute atomic E-state index is 0.309. The Balaban J connectivity index is 2.37. The van der Waals surface area contributed by atoms with Gasteiger partial charge in [0.1, 0.15) is 5.54 Å². The van der Waals surface area contributed by atoms with Crippen molar-refractivity contribution < 1.29 is 29.3 Å². The second kappa shape index (κ2) is 2.48. The molecule has 2 aliphatic rings. The molecule has 0 unspecified atom stereocenters. The summed E-state index contributed by atoms with van der Waals surface area (Å²) in [6, 6.07) is 0. The van der Waals surface area contributed by atoms with E-state index in [4.69, 9.17) is 15.9 Å². The van der Waals surface area contributed by atoms with Crippen molar-refractivity contribution in [3.05, 3.63) is 0 Å². The standard InChI is InChI=1S/C8H10FNO5/c9-8(6(14)15)3-2(11)1-7(10,4(3)8)5(12)13/h2-4,11H,1,10H2,(H,12,13)(H,14,15)/t2-,3+,4-,7+,8+/m0/s1. The first kappa shape index (κ1) is 10.3. The normalized spacial score (nSPS) is 52.3. The lowest BCUT2D eigenvalue weighted by molar-refractivity contribution is -0.151. The van der Waals surface area contributed by atoms with Gasteiger partial charge in [0, 0.05) is 18.3 Å². The maximum Gasteiger partial charge on any atom is 0.342 e. The molecule has 15 heavy (non-hydrogen) atoms. The van der Waals surface area contributed by atoms with Crippen molar-refractivity contribution in [2.24, 2.45) is 17.6 Å². The largest absolute Gasteiger partial charge is 0.480 e. The topological polar surface area (TPSA) is 121 Å². The number of aliphatic carboxylic acids is 2. The van der Waals surface area contributed by atoms with E-state index in [9.17, 15) is 19.1 Å². The molecule has 2 fully saturated rings. The van der Waals surface area contributed by atoms with E-state index in [1.54, 1.807) is 0 Å². The van der Waals surface area contributed by atoms with Crippen molar-refractivity contribution in [2.75, 3.05) is 0 Å². The number of alkyl halides is 1. The fourth-order valence-electron chi connectivity index (χ4n) is 2.68. The number of aliphatic hydroxyl groups is 1. The zero-order valence-corrected chi connectivity index (χ0v) is 7.55. The monoisotopic (exact) mass is 219 g/mol. The fourth-order valence-corrected chi connectivity index (χ4v) is 2.68. The number of carboxylic acids is 2. The van der Waals surface area contributed by atoms with Crippen molar-refractivity contribution in [3.8, 4) is 0 Å². The molecule has 0 radical (unpaired) electrons. The third-order valence-corrected chi connectivity index (χ3v) is 3.43. The van der Waals surface area contributed by atoms with Gasteiger partial charge in [-0.2, -0.15) is 0 Å². The SMILES string of the molecule is N[C@]1(C(=O)O)C[C@H](O)[C@@H]2[C@@H]1[C@@]2(F)C(=O)O. The van der Waals surface area contributed by atoms with E-state index in [0.717, 1.165) is 0 Å². The number of hydrogen-bond acceptors (Lipinski definition) is 4. The molecule has 0 aromatic carbocycles. The molecule has 5 N–H and O–H groups in total. The summed E-state index contributed by atoms with van der Waals surface area (Å²) in [5, 5.41) is 26.8. The van der Waals surface area contributed by atoms with E-state index in [2.05, 4.69) is 0 Å². The molecule has 0 aliphatic heterocycles. The van der Waals surface area contributed by atoms with E-state index < -0.39 is 41.1 Å². The van der Waals surface area contributed by atoms with Crippen LogP contribution in [0.1, 0.15) is 6.42 Å². The van der Waals surface area contributed by atoms with E-state index in [-0.39, 0.29) is 6.42 Å². The highest BCUT2D eigenvalue weighted by Gasteiger charge is 2.85. The van der Waals surface area contributed by atoms with Gasteiger partial charge in [-0.15, -0.1) is 0 Å². The van der Waals surface area contributed by atoms with Gasteiger partial charge in [-0.1, -0.05) is 0 Å². The van der Waals surface area contributed by atoms with Gasteiger partial charge in [-0.25, -0.2) is 9.18 Å². The van der Waals surface area contributed by atoms with Gasteiger partial charge in [-0.3, -0.25) is 4.79 Å². The summed E-state index contributed by atoms with van der Waals surface area (Å²) in [5.74, 6) is -5.77. The Labute approximate surface area is 83.5 Å². The van der Waals surface area contributed by atoms with Crippen molar-refractivity contribution in [1.29, 1.82) is 0 Å². The maximum atomic E-state index is 13.7. The van der Waals surface area contributed by atoms with E-state index in [1.807, 2.05) is 0 Å². The van der Waals surface area contributed by atoms with Gasteiger partial charge in [0.2, 0.25) is 5.67 Å². The number of halogens is 1. The summed E-state index contributed by atoms with van der Waals surface area (Å²) in [6.45, 7) is 0. The van der Waals surface area contributed by atoms with Crippen LogP contribution >= 0.6 is 0 Å². The van der Waals surface area contributed by atoms with Crippen LogP contribution in [0.4, 0.5) is 4.39 Å². The molecule has 0 aromatic heterocycles. The molecular formula is C8H10FNO5. The maximum absolute atomic E-state index is 13.7. The zero-order chi connectivity index (χ0) is 11.6. The smallest absolute Gasteiger partial charge is 0.342 e. The van der Waals surface area contributed by atoms with Crippen LogP contribution in [0, 0.1) is 11.8 Å². The van der Waals surface area contributed by atoms with Crippen LogP contribution in [0.3, 0.4) is 0 Å². The van der Waals surface area contributed by atoms with Crippen LogP contribution in [0.5, 0.6) is 0 Å². The van der Waals surface area contributed by atoms with Gasteiger partial charge in [0.15, 0.2) is 0 Å². The van der Waals surface area contributed by atoms with Crippen LogP contribution in [-0.4, -0.2) is 44.6 Å². The second-order valence-corrected chi connectivity index (χ2v) is 4.19. The minimum atomic E-state index is -2.69. The Morgan fingerprint density at radius 2 is 1.87 bits per heavy atom. The van der Waals surface area contributed by atoms with Crippen molar-refractivity contribution >= 4 is 11.9 Å². The first-order valence-electron chi connectivity index (χ1n) is 4.39. The number of nitrogens with two attached hydrogens (primary N) is 1. The van der Waals surface area contributed by atoms with Crippen LogP contribution in [0.2, 0.25) is 0 Å². The second-order valence-electron chi connectivity index (χ2n) is 4.19. The molecule has 2 aliphatic carbocycles. The molecule has 0 amide bonds. The van der Waals surface area contributed by atoms with Crippen LogP contribution < -0.4 is 5.73 Å². The highest BCUT2D eigenvalue weighted by Crippen LogP contribution is 2.66. The molecule has 84 valence electrons. The summed E-state index contributed by atoms with van der Waals surface area (Å²) < 4.78 is 13.7. The third-order valence-electron chi connectivity index (χ3n) is 3.43. The lowest BCUT2D eigenvalue weighted by atomic mass is 9.90. The Hall–Kier alpha value is -1.21. The molecule has 5 atom stereocenters. The van der Waals surface area contributed by atoms with Gasteiger partial charge in [0.05, 0.1) is 6.10 Å². The molecule has 0 spiro atoms. The summed E-state index contributed by atoms with van der Waals surface area (Å²) in [6.07, 6.45) is -1.62. The fraction of sp³-hybridized carbons (Fsp3) is 0.750. The highest BCUT2D eigenvalue weighted by molar-refractivity contribution is 5.90. The molecule has 6 nitrogen and oxygen atoms in total. The first-order valence-corrected chi connectivity index (χ1v) is 4.39. The van der Waals surface area contributed by atoms with Gasteiger partial charge < -0.3 is 21.1 Å². The molecule has 0 bridgehead atoms. The van der Waals surface area contributed by atoms with Crippen LogP contribution in [0.25, 0.3) is 0 Å². The summed E-state index contributed by atoms with van der Waals surface area (Å²) in [5.41, 5.74) is 0.763. The summed E-state index contributed by atoms with van der Waals surface area (Å²) >= 11 is 0. The third kappa shape index (κ3) is 0.941. The quantitative estimate of drug-likeness (QED) is 0.452. The molecule has 2 saturated carbocycles. The molecule has 0 aromatic rings. The highest BCUT2D eigenvalue weighted by atomic mass is 19.1. The molecular weight excluding hydrogens is 209 g/mol. The van der Waals surface area contributed by atoms with E-state index >= 15 is 0 Å². The Kier molecular flexibility index (Phi) is 1.70. The molecule has 7 heteroatoms. The zero-order valence-electron chi connectivity index (χ0n) is 7.55. The average molecular weight is 219 g/mol. The van der Waals surface area contributed by atoms with Gasteiger partial charge in [0.25, 0.3) is 0 Å². The van der Waals surface area contributed by atoms with Crippen LogP contribution in [0.15, 0.2) is 0 Å². The van der Waals surface area contributed by atoms with E-state index in [0.29, 0.717) is 0 Å². The Morgan fingerprint density at radius 3 is 2.20 bits per heavy atom. The predicted molar refractivity (Wildman–Crippen MR) is 43.6 cm³/mol. The number of rotatable bonds is 2. The average Bonchev–Trinajstić information content (AvgIpc) is 2.63. The van der Waals surface area contributed by atoms with Gasteiger partial charge in [-0.05, 0) is 0 Å². The number of aliphatic hydroxyl groups excluding tert-OH is 1. The number of carbonyl (C=O) groups is 2. The number of fused-ring (bicyclic) bond motifs is 1. The molecule has 0 heterocycles. The van der Waals surface area contributed by atoms with Gasteiger partial charge >= 0.3 is 11.9 Å². The lowest BCUT2D eigenvalue weighted by Crippen LogP contribution is -2.53.